The maximum Gasteiger partial charge on any atom is 0.270 e. The molecule has 0 saturated carbocycles. The molecule has 5 heteroatoms. The van der Waals surface area contributed by atoms with E-state index in [-0.39, 0.29) is 5.69 Å². The molecule has 22 heavy (non-hydrogen) atoms. The van der Waals surface area contributed by atoms with E-state index in [4.69, 9.17) is 5.73 Å². The van der Waals surface area contributed by atoms with Gasteiger partial charge >= 0.3 is 0 Å². The summed E-state index contributed by atoms with van der Waals surface area (Å²) in [5.41, 5.74) is 8.07. The van der Waals surface area contributed by atoms with Gasteiger partial charge in [-0.3, -0.25) is 15.1 Å². The standard InChI is InChI=1S/C17H13N3O2/c18-17-15-7-2-1-5-13(15)8-9-16(17)19-11-12-4-3-6-14(10-12)20(21)22/h1-11H,18H2. The Morgan fingerprint density at radius 1 is 1.05 bits per heavy atom. The number of fused-ring (bicyclic) bond motifs is 1. The molecule has 0 amide bonds. The van der Waals surface area contributed by atoms with Gasteiger partial charge in [-0.1, -0.05) is 42.5 Å². The van der Waals surface area contributed by atoms with Gasteiger partial charge in [0.05, 0.1) is 16.3 Å². The van der Waals surface area contributed by atoms with Crippen molar-refractivity contribution >= 4 is 34.0 Å². The van der Waals surface area contributed by atoms with Crippen LogP contribution in [0, 0.1) is 10.1 Å². The Morgan fingerprint density at radius 3 is 2.68 bits per heavy atom. The third-order valence-corrected chi connectivity index (χ3v) is 3.38. The van der Waals surface area contributed by atoms with Gasteiger partial charge in [0.25, 0.3) is 5.69 Å². The van der Waals surface area contributed by atoms with E-state index in [0.29, 0.717) is 16.9 Å². The average molecular weight is 291 g/mol. The van der Waals surface area contributed by atoms with Gasteiger partial charge in [-0.15, -0.1) is 0 Å². The number of nitrogen functional groups attached to an aromatic ring is 1. The topological polar surface area (TPSA) is 81.5 Å². The monoisotopic (exact) mass is 291 g/mol. The first-order valence-electron chi connectivity index (χ1n) is 6.71. The van der Waals surface area contributed by atoms with Crippen LogP contribution < -0.4 is 5.73 Å². The zero-order valence-corrected chi connectivity index (χ0v) is 11.6. The molecule has 5 nitrogen and oxygen atoms in total. The van der Waals surface area contributed by atoms with E-state index in [0.717, 1.165) is 10.8 Å². The molecule has 0 fully saturated rings. The lowest BCUT2D eigenvalue weighted by Gasteiger charge is -2.05. The molecule has 0 radical (unpaired) electrons. The Balaban J connectivity index is 1.97. The van der Waals surface area contributed by atoms with Crippen LogP contribution in [-0.2, 0) is 0 Å². The molecule has 108 valence electrons. The number of nitro groups is 1. The summed E-state index contributed by atoms with van der Waals surface area (Å²) in [6.45, 7) is 0. The van der Waals surface area contributed by atoms with E-state index in [1.165, 1.54) is 12.1 Å². The highest BCUT2D eigenvalue weighted by molar-refractivity contribution is 5.99. The van der Waals surface area contributed by atoms with Crippen LogP contribution in [0.5, 0.6) is 0 Å². The predicted octanol–water partition coefficient (Wildman–Crippen LogP) is 4.08. The number of nitro benzene ring substituents is 1. The van der Waals surface area contributed by atoms with Gasteiger partial charge in [-0.2, -0.15) is 0 Å². The van der Waals surface area contributed by atoms with Crippen molar-refractivity contribution < 1.29 is 4.92 Å². The molecular weight excluding hydrogens is 278 g/mol. The van der Waals surface area contributed by atoms with Crippen molar-refractivity contribution in [3.8, 4) is 0 Å². The predicted molar refractivity (Wildman–Crippen MR) is 88.7 cm³/mol. The van der Waals surface area contributed by atoms with Crippen LogP contribution in [0.4, 0.5) is 17.1 Å². The van der Waals surface area contributed by atoms with Crippen LogP contribution >= 0.6 is 0 Å². The average Bonchev–Trinajstić information content (AvgIpc) is 2.55. The molecule has 0 aliphatic rings. The summed E-state index contributed by atoms with van der Waals surface area (Å²) >= 11 is 0. The minimum atomic E-state index is -0.429. The molecule has 0 bridgehead atoms. The normalized spacial score (nSPS) is 11.1. The van der Waals surface area contributed by atoms with Crippen LogP contribution in [0.15, 0.2) is 65.7 Å². The molecule has 0 atom stereocenters. The lowest BCUT2D eigenvalue weighted by Crippen LogP contribution is -1.90. The van der Waals surface area contributed by atoms with E-state index >= 15 is 0 Å². The number of aliphatic imine (C=N–C) groups is 1. The third kappa shape index (κ3) is 2.64. The molecule has 3 aromatic rings. The van der Waals surface area contributed by atoms with E-state index in [1.807, 2.05) is 36.4 Å². The van der Waals surface area contributed by atoms with Gasteiger partial charge < -0.3 is 5.73 Å². The van der Waals surface area contributed by atoms with E-state index in [9.17, 15) is 10.1 Å². The highest BCUT2D eigenvalue weighted by Gasteiger charge is 2.05. The molecule has 0 aliphatic carbocycles. The lowest BCUT2D eigenvalue weighted by molar-refractivity contribution is -0.384. The van der Waals surface area contributed by atoms with E-state index in [1.54, 1.807) is 18.3 Å². The van der Waals surface area contributed by atoms with Gasteiger partial charge in [0.2, 0.25) is 0 Å². The second-order valence-corrected chi connectivity index (χ2v) is 4.83. The lowest BCUT2D eigenvalue weighted by atomic mass is 10.1. The number of anilines is 1. The summed E-state index contributed by atoms with van der Waals surface area (Å²) in [4.78, 5) is 14.7. The van der Waals surface area contributed by atoms with Gasteiger partial charge in [-0.05, 0) is 17.0 Å². The molecule has 0 heterocycles. The van der Waals surface area contributed by atoms with Crippen molar-refractivity contribution in [3.63, 3.8) is 0 Å². The molecule has 0 unspecified atom stereocenters. The summed E-state index contributed by atoms with van der Waals surface area (Å²) in [5.74, 6) is 0. The van der Waals surface area contributed by atoms with Crippen molar-refractivity contribution in [3.05, 3.63) is 76.3 Å². The number of hydrogen-bond acceptors (Lipinski definition) is 4. The Hall–Kier alpha value is -3.21. The van der Waals surface area contributed by atoms with Crippen molar-refractivity contribution in [2.24, 2.45) is 4.99 Å². The SMILES string of the molecule is Nc1c(N=Cc2cccc([N+](=O)[O-])c2)ccc2ccccc12. The quantitative estimate of drug-likeness (QED) is 0.341. The Kier molecular flexibility index (Phi) is 3.53. The van der Waals surface area contributed by atoms with Crippen LogP contribution in [-0.4, -0.2) is 11.1 Å². The molecule has 0 aromatic heterocycles. The summed E-state index contributed by atoms with van der Waals surface area (Å²) < 4.78 is 0. The first-order valence-corrected chi connectivity index (χ1v) is 6.71. The van der Waals surface area contributed by atoms with Crippen molar-refractivity contribution in [2.75, 3.05) is 5.73 Å². The van der Waals surface area contributed by atoms with Gasteiger partial charge in [0, 0.05) is 23.7 Å². The second kappa shape index (κ2) is 5.65. The molecule has 0 spiro atoms. The molecule has 0 aliphatic heterocycles. The maximum atomic E-state index is 10.8. The number of hydrogen-bond donors (Lipinski definition) is 1. The fourth-order valence-corrected chi connectivity index (χ4v) is 2.26. The van der Waals surface area contributed by atoms with Gasteiger partial charge in [0.15, 0.2) is 0 Å². The number of nitrogens with two attached hydrogens (primary N) is 1. The molecular formula is C17H13N3O2. The second-order valence-electron chi connectivity index (χ2n) is 4.83. The fraction of sp³-hybridized carbons (Fsp3) is 0. The number of rotatable bonds is 3. The zero-order chi connectivity index (χ0) is 15.5. The van der Waals surface area contributed by atoms with Gasteiger partial charge in [0.1, 0.15) is 0 Å². The van der Waals surface area contributed by atoms with Crippen molar-refractivity contribution in [1.82, 2.24) is 0 Å². The summed E-state index contributed by atoms with van der Waals surface area (Å²) in [7, 11) is 0. The summed E-state index contributed by atoms with van der Waals surface area (Å²) in [5, 5.41) is 12.8. The van der Waals surface area contributed by atoms with E-state index < -0.39 is 4.92 Å². The van der Waals surface area contributed by atoms with Crippen molar-refractivity contribution in [1.29, 1.82) is 0 Å². The van der Waals surface area contributed by atoms with Crippen LogP contribution in [0.25, 0.3) is 10.8 Å². The number of nitrogens with zero attached hydrogens (tertiary/aromatic N) is 2. The minimum Gasteiger partial charge on any atom is -0.396 e. The highest BCUT2D eigenvalue weighted by atomic mass is 16.6. The highest BCUT2D eigenvalue weighted by Crippen LogP contribution is 2.30. The van der Waals surface area contributed by atoms with E-state index in [2.05, 4.69) is 4.99 Å². The van der Waals surface area contributed by atoms with Crippen molar-refractivity contribution in [2.45, 2.75) is 0 Å². The smallest absolute Gasteiger partial charge is 0.270 e. The first kappa shape index (κ1) is 13.8. The van der Waals surface area contributed by atoms with Crippen LogP contribution in [0.3, 0.4) is 0 Å². The Labute approximate surface area is 126 Å². The third-order valence-electron chi connectivity index (χ3n) is 3.38. The van der Waals surface area contributed by atoms with Crippen LogP contribution in [0.2, 0.25) is 0 Å². The molecule has 2 N–H and O–H groups in total. The first-order chi connectivity index (χ1) is 10.6. The number of benzene rings is 3. The fourth-order valence-electron chi connectivity index (χ4n) is 2.26. The minimum absolute atomic E-state index is 0.0374. The zero-order valence-electron chi connectivity index (χ0n) is 11.6. The Bertz CT molecular complexity index is 888. The van der Waals surface area contributed by atoms with Crippen LogP contribution in [0.1, 0.15) is 5.56 Å². The summed E-state index contributed by atoms with van der Waals surface area (Å²) in [6, 6.07) is 17.9. The number of non-ortho nitro benzene ring substituents is 1. The molecule has 0 saturated heterocycles. The Morgan fingerprint density at radius 2 is 1.86 bits per heavy atom. The largest absolute Gasteiger partial charge is 0.396 e. The maximum absolute atomic E-state index is 10.8. The molecule has 3 rings (SSSR count). The molecule has 3 aromatic carbocycles. The van der Waals surface area contributed by atoms with Gasteiger partial charge in [-0.25, -0.2) is 0 Å². The summed E-state index contributed by atoms with van der Waals surface area (Å²) in [6.07, 6.45) is 1.58.